The third kappa shape index (κ3) is 4.84. The van der Waals surface area contributed by atoms with Crippen LogP contribution in [0.5, 0.6) is 5.75 Å². The first-order valence-electron chi connectivity index (χ1n) is 8.91. The summed E-state index contributed by atoms with van der Waals surface area (Å²) in [5, 5.41) is 10.8. The lowest BCUT2D eigenvalue weighted by Gasteiger charge is -2.33. The average molecular weight is 444 g/mol. The molecule has 1 aliphatic heterocycles. The highest BCUT2D eigenvalue weighted by atomic mass is 35.5. The van der Waals surface area contributed by atoms with Crippen LogP contribution in [0.4, 0.5) is 4.79 Å². The van der Waals surface area contributed by atoms with Gasteiger partial charge in [-0.05, 0) is 42.3 Å². The number of halogens is 3. The van der Waals surface area contributed by atoms with Crippen LogP contribution in [0.3, 0.4) is 0 Å². The lowest BCUT2D eigenvalue weighted by molar-refractivity contribution is 0.106. The van der Waals surface area contributed by atoms with Crippen LogP contribution in [-0.4, -0.2) is 60.8 Å². The second kappa shape index (κ2) is 9.23. The molecule has 8 heteroatoms. The van der Waals surface area contributed by atoms with Crippen molar-refractivity contribution < 1.29 is 14.6 Å². The SMILES string of the molecule is COc1cc(Cl)c(-c2cc(Cl)ccc2Cl)cc1CCN1CCN(C(=O)O)CC1. The smallest absolute Gasteiger partial charge is 0.407 e. The largest absolute Gasteiger partial charge is 0.496 e. The van der Waals surface area contributed by atoms with E-state index in [1.807, 2.05) is 6.07 Å². The summed E-state index contributed by atoms with van der Waals surface area (Å²) in [6.45, 7) is 3.28. The van der Waals surface area contributed by atoms with E-state index in [4.69, 9.17) is 44.6 Å². The fraction of sp³-hybridized carbons (Fsp3) is 0.350. The van der Waals surface area contributed by atoms with Crippen molar-refractivity contribution >= 4 is 40.9 Å². The molecule has 0 unspecified atom stereocenters. The predicted octanol–water partition coefficient (Wildman–Crippen LogP) is 5.16. The fourth-order valence-electron chi connectivity index (χ4n) is 3.34. The van der Waals surface area contributed by atoms with Gasteiger partial charge in [0.15, 0.2) is 0 Å². The summed E-state index contributed by atoms with van der Waals surface area (Å²) in [5.74, 6) is 0.719. The van der Waals surface area contributed by atoms with Gasteiger partial charge in [-0.3, -0.25) is 4.90 Å². The number of nitrogens with zero attached hydrogens (tertiary/aromatic N) is 2. The van der Waals surface area contributed by atoms with Crippen molar-refractivity contribution in [1.82, 2.24) is 9.80 Å². The second-order valence-corrected chi connectivity index (χ2v) is 7.88. The van der Waals surface area contributed by atoms with Crippen LogP contribution in [0.15, 0.2) is 30.3 Å². The average Bonchev–Trinajstić information content (AvgIpc) is 2.69. The van der Waals surface area contributed by atoms with Gasteiger partial charge in [0.25, 0.3) is 0 Å². The topological polar surface area (TPSA) is 53.0 Å². The van der Waals surface area contributed by atoms with E-state index >= 15 is 0 Å². The minimum absolute atomic E-state index is 0.524. The highest BCUT2D eigenvalue weighted by molar-refractivity contribution is 6.37. The minimum atomic E-state index is -0.859. The molecular formula is C20H21Cl3N2O3. The fourth-order valence-corrected chi connectivity index (χ4v) is 3.98. The number of methoxy groups -OCH3 is 1. The number of benzene rings is 2. The number of rotatable bonds is 5. The third-order valence-corrected chi connectivity index (χ3v) is 5.81. The molecule has 1 heterocycles. The monoisotopic (exact) mass is 442 g/mol. The molecule has 2 aromatic rings. The first kappa shape index (κ1) is 21.1. The van der Waals surface area contributed by atoms with Crippen LogP contribution in [0, 0.1) is 0 Å². The zero-order valence-electron chi connectivity index (χ0n) is 15.4. The summed E-state index contributed by atoms with van der Waals surface area (Å²) in [5.41, 5.74) is 2.59. The van der Waals surface area contributed by atoms with Crippen LogP contribution in [0.25, 0.3) is 11.1 Å². The lowest BCUT2D eigenvalue weighted by Crippen LogP contribution is -2.48. The molecule has 3 rings (SSSR count). The van der Waals surface area contributed by atoms with Gasteiger partial charge in [0.1, 0.15) is 5.75 Å². The van der Waals surface area contributed by atoms with E-state index in [0.717, 1.165) is 48.5 Å². The second-order valence-electron chi connectivity index (χ2n) is 6.63. The van der Waals surface area contributed by atoms with Crippen LogP contribution in [0.1, 0.15) is 5.56 Å². The molecule has 28 heavy (non-hydrogen) atoms. The van der Waals surface area contributed by atoms with Crippen LogP contribution in [0.2, 0.25) is 15.1 Å². The summed E-state index contributed by atoms with van der Waals surface area (Å²) in [6, 6.07) is 9.08. The van der Waals surface area contributed by atoms with Crippen molar-refractivity contribution in [3.63, 3.8) is 0 Å². The number of hydrogen-bond donors (Lipinski definition) is 1. The van der Waals surface area contributed by atoms with Gasteiger partial charge in [-0.15, -0.1) is 0 Å². The summed E-state index contributed by atoms with van der Waals surface area (Å²) >= 11 is 19.0. The van der Waals surface area contributed by atoms with E-state index in [1.165, 1.54) is 4.90 Å². The van der Waals surface area contributed by atoms with Gasteiger partial charge in [-0.25, -0.2) is 4.79 Å². The van der Waals surface area contributed by atoms with Gasteiger partial charge in [0.05, 0.1) is 12.1 Å². The predicted molar refractivity (Wildman–Crippen MR) is 113 cm³/mol. The first-order chi connectivity index (χ1) is 13.4. The Bertz CT molecular complexity index is 868. The minimum Gasteiger partial charge on any atom is -0.496 e. The molecular weight excluding hydrogens is 423 g/mol. The maximum atomic E-state index is 11.0. The number of hydrogen-bond acceptors (Lipinski definition) is 3. The molecule has 0 bridgehead atoms. The lowest BCUT2D eigenvalue weighted by atomic mass is 10.00. The van der Waals surface area contributed by atoms with Gasteiger partial charge in [-0.1, -0.05) is 34.8 Å². The van der Waals surface area contributed by atoms with Crippen LogP contribution < -0.4 is 4.74 Å². The Kier molecular flexibility index (Phi) is 6.94. The molecule has 1 fully saturated rings. The van der Waals surface area contributed by atoms with E-state index in [2.05, 4.69) is 4.90 Å². The Balaban J connectivity index is 1.79. The van der Waals surface area contributed by atoms with Crippen molar-refractivity contribution in [3.8, 4) is 16.9 Å². The van der Waals surface area contributed by atoms with Gasteiger partial charge in [0, 0.05) is 53.9 Å². The number of amides is 1. The molecule has 0 aliphatic carbocycles. The van der Waals surface area contributed by atoms with Crippen molar-refractivity contribution in [2.24, 2.45) is 0 Å². The first-order valence-corrected chi connectivity index (χ1v) is 10.0. The number of ether oxygens (including phenoxy) is 1. The molecule has 0 spiro atoms. The van der Waals surface area contributed by atoms with Gasteiger partial charge >= 0.3 is 6.09 Å². The maximum Gasteiger partial charge on any atom is 0.407 e. The Labute approximate surface area is 179 Å². The highest BCUT2D eigenvalue weighted by Crippen LogP contribution is 2.38. The van der Waals surface area contributed by atoms with Gasteiger partial charge in [-0.2, -0.15) is 0 Å². The molecule has 0 aromatic heterocycles. The normalized spacial score (nSPS) is 14.9. The number of carbonyl (C=O) groups is 1. The van der Waals surface area contributed by atoms with Gasteiger partial charge < -0.3 is 14.7 Å². The molecule has 0 saturated carbocycles. The Morgan fingerprint density at radius 2 is 1.71 bits per heavy atom. The molecule has 150 valence electrons. The molecule has 5 nitrogen and oxygen atoms in total. The zero-order valence-corrected chi connectivity index (χ0v) is 17.7. The quantitative estimate of drug-likeness (QED) is 0.693. The number of piperazine rings is 1. The number of carboxylic acid groups (broad SMARTS) is 1. The molecule has 1 amide bonds. The standard InChI is InChI=1S/C20H21Cl3N2O3/c1-28-19-12-18(23)15(16-11-14(21)2-3-17(16)22)10-13(19)4-5-24-6-8-25(9-7-24)20(26)27/h2-3,10-12H,4-9H2,1H3,(H,26,27). The van der Waals surface area contributed by atoms with Crippen molar-refractivity contribution in [2.45, 2.75) is 6.42 Å². The van der Waals surface area contributed by atoms with Crippen LogP contribution >= 0.6 is 34.8 Å². The van der Waals surface area contributed by atoms with E-state index in [1.54, 1.807) is 31.4 Å². The van der Waals surface area contributed by atoms with E-state index < -0.39 is 6.09 Å². The summed E-state index contributed by atoms with van der Waals surface area (Å²) in [4.78, 5) is 14.7. The Hall–Kier alpha value is -1.66. The van der Waals surface area contributed by atoms with E-state index in [9.17, 15) is 4.79 Å². The van der Waals surface area contributed by atoms with E-state index in [0.29, 0.717) is 28.2 Å². The zero-order chi connectivity index (χ0) is 20.3. The summed E-state index contributed by atoms with van der Waals surface area (Å²) < 4.78 is 5.51. The third-order valence-electron chi connectivity index (χ3n) is 4.93. The summed E-state index contributed by atoms with van der Waals surface area (Å²) in [7, 11) is 1.62. The molecule has 0 radical (unpaired) electrons. The Morgan fingerprint density at radius 1 is 1.04 bits per heavy atom. The van der Waals surface area contributed by atoms with Crippen molar-refractivity contribution in [1.29, 1.82) is 0 Å². The van der Waals surface area contributed by atoms with Crippen molar-refractivity contribution in [3.05, 3.63) is 51.0 Å². The van der Waals surface area contributed by atoms with Crippen LogP contribution in [-0.2, 0) is 6.42 Å². The molecule has 1 aliphatic rings. The molecule has 1 saturated heterocycles. The maximum absolute atomic E-state index is 11.0. The molecule has 1 N–H and O–H groups in total. The van der Waals surface area contributed by atoms with Gasteiger partial charge in [0.2, 0.25) is 0 Å². The molecule has 2 aromatic carbocycles. The van der Waals surface area contributed by atoms with Crippen molar-refractivity contribution in [2.75, 3.05) is 39.8 Å². The highest BCUT2D eigenvalue weighted by Gasteiger charge is 2.21. The van der Waals surface area contributed by atoms with E-state index in [-0.39, 0.29) is 0 Å². The molecule has 0 atom stereocenters. The Morgan fingerprint density at radius 3 is 2.36 bits per heavy atom. The summed E-state index contributed by atoms with van der Waals surface area (Å²) in [6.07, 6.45) is -0.111.